The molecule has 1 amide bonds. The van der Waals surface area contributed by atoms with Crippen LogP contribution in [0.1, 0.15) is 24.5 Å². The Hall–Kier alpha value is -1.43. The highest BCUT2D eigenvalue weighted by Gasteiger charge is 2.11. The maximum atomic E-state index is 11.5. The SMILES string of the molecule is CCCN(CCN(C)C)Cc1ccccc1CC(=O)NN. The van der Waals surface area contributed by atoms with Crippen molar-refractivity contribution in [2.45, 2.75) is 26.3 Å². The minimum Gasteiger partial charge on any atom is -0.308 e. The summed E-state index contributed by atoms with van der Waals surface area (Å²) in [6.45, 7) is 6.18. The van der Waals surface area contributed by atoms with Crippen LogP contribution in [0.4, 0.5) is 0 Å². The van der Waals surface area contributed by atoms with E-state index in [0.29, 0.717) is 6.42 Å². The van der Waals surface area contributed by atoms with Crippen LogP contribution in [0.2, 0.25) is 0 Å². The van der Waals surface area contributed by atoms with Crippen molar-refractivity contribution in [2.24, 2.45) is 5.84 Å². The molecule has 0 atom stereocenters. The Morgan fingerprint density at radius 3 is 2.38 bits per heavy atom. The largest absolute Gasteiger partial charge is 0.308 e. The topological polar surface area (TPSA) is 61.6 Å². The summed E-state index contributed by atoms with van der Waals surface area (Å²) in [5.74, 6) is 5.03. The molecule has 0 unspecified atom stereocenters. The highest BCUT2D eigenvalue weighted by molar-refractivity contribution is 5.78. The van der Waals surface area contributed by atoms with Gasteiger partial charge in [-0.1, -0.05) is 31.2 Å². The van der Waals surface area contributed by atoms with E-state index in [1.165, 1.54) is 5.56 Å². The van der Waals surface area contributed by atoms with Crippen molar-refractivity contribution in [3.05, 3.63) is 35.4 Å². The highest BCUT2D eigenvalue weighted by Crippen LogP contribution is 2.13. The van der Waals surface area contributed by atoms with Gasteiger partial charge in [-0.05, 0) is 38.2 Å². The van der Waals surface area contributed by atoms with Gasteiger partial charge in [-0.25, -0.2) is 5.84 Å². The molecule has 0 aliphatic carbocycles. The van der Waals surface area contributed by atoms with Crippen molar-refractivity contribution < 1.29 is 4.79 Å². The predicted octanol–water partition coefficient (Wildman–Crippen LogP) is 0.993. The highest BCUT2D eigenvalue weighted by atomic mass is 16.2. The molecule has 1 rings (SSSR count). The molecule has 5 nitrogen and oxygen atoms in total. The third-order valence-corrected chi connectivity index (χ3v) is 3.43. The van der Waals surface area contributed by atoms with Crippen molar-refractivity contribution in [1.29, 1.82) is 0 Å². The van der Waals surface area contributed by atoms with E-state index >= 15 is 0 Å². The minimum absolute atomic E-state index is 0.155. The number of hydrogen-bond donors (Lipinski definition) is 2. The lowest BCUT2D eigenvalue weighted by molar-refractivity contribution is -0.120. The lowest BCUT2D eigenvalue weighted by atomic mass is 10.0. The fraction of sp³-hybridized carbons (Fsp3) is 0.562. The third-order valence-electron chi connectivity index (χ3n) is 3.43. The van der Waals surface area contributed by atoms with E-state index in [1.54, 1.807) is 0 Å². The quantitative estimate of drug-likeness (QED) is 0.405. The molecule has 5 heteroatoms. The van der Waals surface area contributed by atoms with E-state index in [1.807, 2.05) is 18.2 Å². The number of amides is 1. The molecular formula is C16H28N4O. The number of nitrogens with zero attached hydrogens (tertiary/aromatic N) is 2. The molecule has 0 radical (unpaired) electrons. The van der Waals surface area contributed by atoms with Crippen molar-refractivity contribution in [2.75, 3.05) is 33.7 Å². The summed E-state index contributed by atoms with van der Waals surface area (Å²) < 4.78 is 0. The summed E-state index contributed by atoms with van der Waals surface area (Å²) in [7, 11) is 4.17. The van der Waals surface area contributed by atoms with Crippen molar-refractivity contribution in [3.63, 3.8) is 0 Å². The van der Waals surface area contributed by atoms with Gasteiger partial charge in [0, 0.05) is 19.6 Å². The van der Waals surface area contributed by atoms with Crippen molar-refractivity contribution in [3.8, 4) is 0 Å². The van der Waals surface area contributed by atoms with Crippen LogP contribution in [0.25, 0.3) is 0 Å². The van der Waals surface area contributed by atoms with Gasteiger partial charge in [0.1, 0.15) is 0 Å². The summed E-state index contributed by atoms with van der Waals surface area (Å²) in [6.07, 6.45) is 1.46. The van der Waals surface area contributed by atoms with Crippen LogP contribution >= 0.6 is 0 Å². The van der Waals surface area contributed by atoms with E-state index in [9.17, 15) is 4.79 Å². The van der Waals surface area contributed by atoms with Gasteiger partial charge >= 0.3 is 0 Å². The number of rotatable bonds is 9. The number of hydrazine groups is 1. The Bertz CT molecular complexity index is 434. The van der Waals surface area contributed by atoms with E-state index in [0.717, 1.165) is 38.2 Å². The standard InChI is InChI=1S/C16H28N4O/c1-4-9-20(11-10-19(2)3)13-15-8-6-5-7-14(15)12-16(21)18-17/h5-8H,4,9-13,17H2,1-3H3,(H,18,21). The lowest BCUT2D eigenvalue weighted by Crippen LogP contribution is -2.33. The molecule has 118 valence electrons. The molecule has 0 heterocycles. The van der Waals surface area contributed by atoms with Gasteiger partial charge in [-0.15, -0.1) is 0 Å². The van der Waals surface area contributed by atoms with Crippen LogP contribution in [-0.4, -0.2) is 49.4 Å². The zero-order valence-corrected chi connectivity index (χ0v) is 13.4. The molecule has 1 aromatic rings. The number of hydrogen-bond acceptors (Lipinski definition) is 4. The van der Waals surface area contributed by atoms with Gasteiger partial charge in [0.15, 0.2) is 0 Å². The van der Waals surface area contributed by atoms with E-state index < -0.39 is 0 Å². The number of nitrogens with one attached hydrogen (secondary N) is 1. The maximum Gasteiger partial charge on any atom is 0.238 e. The first kappa shape index (κ1) is 17.6. The molecule has 0 fully saturated rings. The second kappa shape index (κ2) is 9.50. The Labute approximate surface area is 128 Å². The molecule has 21 heavy (non-hydrogen) atoms. The second-order valence-electron chi connectivity index (χ2n) is 5.59. The minimum atomic E-state index is -0.155. The van der Waals surface area contributed by atoms with Crippen LogP contribution < -0.4 is 11.3 Å². The first-order valence-corrected chi connectivity index (χ1v) is 7.50. The van der Waals surface area contributed by atoms with E-state index in [4.69, 9.17) is 5.84 Å². The Morgan fingerprint density at radius 1 is 1.14 bits per heavy atom. The van der Waals surface area contributed by atoms with Crippen LogP contribution in [0.15, 0.2) is 24.3 Å². The molecular weight excluding hydrogens is 264 g/mol. The number of carbonyl (C=O) groups excluding carboxylic acids is 1. The Balaban J connectivity index is 2.75. The molecule has 0 saturated carbocycles. The summed E-state index contributed by atoms with van der Waals surface area (Å²) in [5, 5.41) is 0. The normalized spacial score (nSPS) is 11.1. The fourth-order valence-electron chi connectivity index (χ4n) is 2.28. The molecule has 0 bridgehead atoms. The average molecular weight is 292 g/mol. The van der Waals surface area contributed by atoms with Crippen LogP contribution in [-0.2, 0) is 17.8 Å². The monoisotopic (exact) mass is 292 g/mol. The lowest BCUT2D eigenvalue weighted by Gasteiger charge is -2.24. The smallest absolute Gasteiger partial charge is 0.238 e. The van der Waals surface area contributed by atoms with E-state index in [-0.39, 0.29) is 5.91 Å². The second-order valence-corrected chi connectivity index (χ2v) is 5.59. The summed E-state index contributed by atoms with van der Waals surface area (Å²) in [5.41, 5.74) is 4.45. The molecule has 1 aromatic carbocycles. The van der Waals surface area contributed by atoms with Gasteiger partial charge in [-0.2, -0.15) is 0 Å². The molecule has 0 aromatic heterocycles. The maximum absolute atomic E-state index is 11.5. The third kappa shape index (κ3) is 6.71. The molecule has 3 N–H and O–H groups in total. The van der Waals surface area contributed by atoms with Crippen LogP contribution in [0.3, 0.4) is 0 Å². The molecule has 0 saturated heterocycles. The predicted molar refractivity (Wildman–Crippen MR) is 86.6 cm³/mol. The Morgan fingerprint density at radius 2 is 1.81 bits per heavy atom. The zero-order valence-electron chi connectivity index (χ0n) is 13.4. The zero-order chi connectivity index (χ0) is 15.7. The summed E-state index contributed by atoms with van der Waals surface area (Å²) in [4.78, 5) is 16.1. The Kier molecular flexibility index (Phi) is 7.97. The first-order chi connectivity index (χ1) is 10.1. The van der Waals surface area contributed by atoms with Gasteiger partial charge in [0.05, 0.1) is 6.42 Å². The first-order valence-electron chi connectivity index (χ1n) is 7.50. The van der Waals surface area contributed by atoms with E-state index in [2.05, 4.69) is 42.3 Å². The number of carbonyl (C=O) groups is 1. The van der Waals surface area contributed by atoms with Crippen molar-refractivity contribution in [1.82, 2.24) is 15.2 Å². The van der Waals surface area contributed by atoms with Gasteiger partial charge in [0.2, 0.25) is 5.91 Å². The van der Waals surface area contributed by atoms with Crippen LogP contribution in [0.5, 0.6) is 0 Å². The molecule has 0 aliphatic heterocycles. The summed E-state index contributed by atoms with van der Waals surface area (Å²) >= 11 is 0. The van der Waals surface area contributed by atoms with Gasteiger partial charge in [-0.3, -0.25) is 15.1 Å². The molecule has 0 spiro atoms. The van der Waals surface area contributed by atoms with Crippen molar-refractivity contribution >= 4 is 5.91 Å². The number of likely N-dealkylation sites (N-methyl/N-ethyl adjacent to an activating group) is 1. The van der Waals surface area contributed by atoms with Gasteiger partial charge in [0.25, 0.3) is 0 Å². The average Bonchev–Trinajstić information content (AvgIpc) is 2.46. The fourth-order valence-corrected chi connectivity index (χ4v) is 2.28. The molecule has 0 aliphatic rings. The summed E-state index contributed by atoms with van der Waals surface area (Å²) in [6, 6.07) is 8.08. The van der Waals surface area contributed by atoms with Crippen LogP contribution in [0, 0.1) is 0 Å². The van der Waals surface area contributed by atoms with Gasteiger partial charge < -0.3 is 4.90 Å². The number of nitrogens with two attached hydrogens (primary N) is 1. The number of benzene rings is 1.